The number of phenols is 2. The number of aromatic nitrogens is 1. The Morgan fingerprint density at radius 3 is 2.22 bits per heavy atom. The Morgan fingerprint density at radius 1 is 0.825 bits per heavy atom. The molecule has 6 aromatic rings. The second-order valence-electron chi connectivity index (χ2n) is 12.6. The van der Waals surface area contributed by atoms with Crippen LogP contribution in [0.25, 0.3) is 21.7 Å². The van der Waals surface area contributed by atoms with Crippen LogP contribution in [0.3, 0.4) is 0 Å². The van der Waals surface area contributed by atoms with Gasteiger partial charge in [0.2, 0.25) is 0 Å². The van der Waals surface area contributed by atoms with Gasteiger partial charge in [0.05, 0.1) is 63.1 Å². The number of aryl methyl sites for hydroxylation is 1. The molecular weight excluding hydrogens is 897 g/mol. The van der Waals surface area contributed by atoms with E-state index < -0.39 is 51.7 Å². The molecule has 0 fully saturated rings. The first-order chi connectivity index (χ1) is 30.1. The maximum Gasteiger partial charge on any atom is 0.338 e. The zero-order valence-corrected chi connectivity index (χ0v) is 34.1. The molecule has 6 rings (SSSR count). The molecule has 24 nitrogen and oxygen atoms in total. The number of ether oxygens (including phenoxy) is 1. The van der Waals surface area contributed by atoms with Crippen molar-refractivity contribution < 1.29 is 77.3 Å². The molecule has 0 aliphatic heterocycles. The fourth-order valence-electron chi connectivity index (χ4n) is 5.58. The van der Waals surface area contributed by atoms with Crippen molar-refractivity contribution >= 4 is 102 Å². The van der Waals surface area contributed by atoms with Crippen LogP contribution in [-0.4, -0.2) is 79.3 Å². The number of carbonyl (C=O) groups is 1. The number of nitrogens with two attached hydrogens (primary N) is 1. The van der Waals surface area contributed by atoms with Gasteiger partial charge in [-0.2, -0.15) is 18.6 Å². The van der Waals surface area contributed by atoms with Crippen molar-refractivity contribution in [1.82, 2.24) is 4.98 Å². The van der Waals surface area contributed by atoms with E-state index in [4.69, 9.17) is 21.0 Å². The number of aliphatic hydroxyl groups is 2. The molecule has 0 spiro atoms. The number of nitrogens with zero attached hydrogens (tertiary/aromatic N) is 7. The third-order valence-electron chi connectivity index (χ3n) is 8.50. The summed E-state index contributed by atoms with van der Waals surface area (Å²) >= 11 is 0.936. The maximum absolute atomic E-state index is 12.3. The number of anilines is 1. The Balaban J connectivity index is 1.34. The number of carboxylic acid groups (broad SMARTS) is 1. The van der Waals surface area contributed by atoms with Gasteiger partial charge in [-0.3, -0.25) is 9.54 Å². The molecular formula is C36H30N8O16S3. The summed E-state index contributed by atoms with van der Waals surface area (Å²) in [7, 11) is -4.76. The van der Waals surface area contributed by atoms with Gasteiger partial charge >= 0.3 is 5.97 Å². The van der Waals surface area contributed by atoms with Crippen LogP contribution >= 0.6 is 24.1 Å². The quantitative estimate of drug-likeness (QED) is 0.00973. The highest BCUT2D eigenvalue weighted by atomic mass is 32.2. The fourth-order valence-corrected chi connectivity index (χ4v) is 7.22. The van der Waals surface area contributed by atoms with Crippen LogP contribution in [0.5, 0.6) is 17.2 Å². The Hall–Kier alpha value is -6.47. The molecule has 0 aliphatic carbocycles. The van der Waals surface area contributed by atoms with Crippen molar-refractivity contribution in [2.24, 2.45) is 30.7 Å². The van der Waals surface area contributed by atoms with Gasteiger partial charge < -0.3 is 36.0 Å². The molecule has 1 atom stereocenters. The van der Waals surface area contributed by atoms with Gasteiger partial charge in [-0.1, -0.05) is 10.1 Å². The number of hydrogen-bond donors (Lipinski definition) is 9. The minimum absolute atomic E-state index is 0.0105. The van der Waals surface area contributed by atoms with E-state index in [-0.39, 0.29) is 72.4 Å². The fraction of sp³-hybridized carbons (Fsp3) is 0.111. The number of rotatable bonds is 18. The number of pyridine rings is 1. The third kappa shape index (κ3) is 10.8. The summed E-state index contributed by atoms with van der Waals surface area (Å²) in [6.45, 7) is 0.509. The molecule has 328 valence electrons. The lowest BCUT2D eigenvalue weighted by molar-refractivity contribution is -0.432. The summed E-state index contributed by atoms with van der Waals surface area (Å²) in [5, 5.41) is 101. The molecule has 1 unspecified atom stereocenters. The summed E-state index contributed by atoms with van der Waals surface area (Å²) in [5.41, 5.74) is 5.28. The van der Waals surface area contributed by atoms with Gasteiger partial charge in [-0.05, 0) is 78.5 Å². The van der Waals surface area contributed by atoms with E-state index in [1.54, 1.807) is 19.1 Å². The van der Waals surface area contributed by atoms with Crippen molar-refractivity contribution in [3.05, 3.63) is 84.1 Å². The highest BCUT2D eigenvalue weighted by Crippen LogP contribution is 2.47. The molecule has 1 heterocycles. The molecule has 0 saturated carbocycles. The van der Waals surface area contributed by atoms with Gasteiger partial charge in [-0.25, -0.2) is 15.3 Å². The average molecular weight is 927 g/mol. The van der Waals surface area contributed by atoms with Gasteiger partial charge in [0, 0.05) is 23.0 Å². The number of hydrogen-bond acceptors (Lipinski definition) is 24. The lowest BCUT2D eigenvalue weighted by Gasteiger charge is -2.14. The van der Waals surface area contributed by atoms with E-state index >= 15 is 0 Å². The molecule has 63 heavy (non-hydrogen) atoms. The third-order valence-corrected chi connectivity index (χ3v) is 10.7. The molecule has 5 aromatic carbocycles. The summed E-state index contributed by atoms with van der Waals surface area (Å²) in [6.07, 6.45) is 0.0924. The second-order valence-corrected chi connectivity index (χ2v) is 15.5. The molecule has 1 aromatic heterocycles. The average Bonchev–Trinajstić information content (AvgIpc) is 3.26. The van der Waals surface area contributed by atoms with E-state index in [0.717, 1.165) is 18.2 Å². The number of aliphatic hydroxyl groups excluding tert-OH is 2. The van der Waals surface area contributed by atoms with E-state index in [1.165, 1.54) is 42.6 Å². The first-order valence-electron chi connectivity index (χ1n) is 17.3. The molecule has 0 radical (unpaired) electrons. The predicted molar refractivity (Wildman–Crippen MR) is 220 cm³/mol. The van der Waals surface area contributed by atoms with Crippen molar-refractivity contribution in [3.63, 3.8) is 0 Å². The minimum atomic E-state index is -4.76. The zero-order chi connectivity index (χ0) is 45.4. The number of aromatic hydroxyl groups is 2. The van der Waals surface area contributed by atoms with Gasteiger partial charge in [0.1, 0.15) is 51.6 Å². The highest BCUT2D eigenvalue weighted by molar-refractivity contribution is 7.95. The van der Waals surface area contributed by atoms with Crippen LogP contribution in [0.4, 0.5) is 39.8 Å². The standard InChI is InChI=1S/C36H30N8O16S3/c1-16-7-26(42-44-33-30(62-60-58-52)8-17-9-31(63(53,54)55)23(37)11-21(17)34(33)47)28(56-15-19(46)14-45)12-25(16)41-39-18-4-5-24(22(10-18)36(49)50)40-43-27-13-29(61-59-57-51)20-3-2-6-38-32(20)35(27)48/h2-13,19,45-48,51-52H,14-15,37H2,1H3,(H,49,50)(H,53,54,55)/b41-39+,43-40+,44-42+. The van der Waals surface area contributed by atoms with Crippen LogP contribution < -0.4 is 10.5 Å². The normalized spacial score (nSPS) is 12.7. The van der Waals surface area contributed by atoms with Crippen LogP contribution in [0.15, 0.2) is 118 Å². The van der Waals surface area contributed by atoms with Crippen LogP contribution in [0.2, 0.25) is 0 Å². The minimum Gasteiger partial charge on any atom is -0.505 e. The van der Waals surface area contributed by atoms with E-state index in [1.807, 2.05) is 0 Å². The molecule has 0 saturated heterocycles. The maximum atomic E-state index is 12.3. The molecule has 0 aliphatic rings. The van der Waals surface area contributed by atoms with Crippen LogP contribution in [0.1, 0.15) is 15.9 Å². The lowest BCUT2D eigenvalue weighted by atomic mass is 10.1. The van der Waals surface area contributed by atoms with Crippen molar-refractivity contribution in [3.8, 4) is 17.2 Å². The molecule has 0 bridgehead atoms. The Kier molecular flexibility index (Phi) is 14.7. The first kappa shape index (κ1) is 46.0. The Bertz CT molecular complexity index is 2920. The van der Waals surface area contributed by atoms with Crippen LogP contribution in [0, 0.1) is 6.92 Å². The van der Waals surface area contributed by atoms with Gasteiger partial charge in [0.25, 0.3) is 10.1 Å². The topological polar surface area (TPSA) is 372 Å². The number of benzene rings is 5. The largest absolute Gasteiger partial charge is 0.505 e. The van der Waals surface area contributed by atoms with Crippen molar-refractivity contribution in [2.45, 2.75) is 27.7 Å². The Labute approximate surface area is 361 Å². The summed E-state index contributed by atoms with van der Waals surface area (Å²) in [6, 6.07) is 14.5. The highest BCUT2D eigenvalue weighted by Gasteiger charge is 2.22. The Morgan fingerprint density at radius 2 is 1.52 bits per heavy atom. The summed E-state index contributed by atoms with van der Waals surface area (Å²) < 4.78 is 48.1. The van der Waals surface area contributed by atoms with Gasteiger partial charge in [-0.15, -0.1) is 29.1 Å². The number of carboxylic acids is 1. The van der Waals surface area contributed by atoms with Crippen molar-refractivity contribution in [1.29, 1.82) is 0 Å². The predicted octanol–water partition coefficient (Wildman–Crippen LogP) is 8.47. The van der Waals surface area contributed by atoms with E-state index in [9.17, 15) is 43.3 Å². The molecule has 0 amide bonds. The summed E-state index contributed by atoms with van der Waals surface area (Å²) in [5.74, 6) is -2.42. The van der Waals surface area contributed by atoms with E-state index in [2.05, 4.69) is 54.4 Å². The molecule has 27 heteroatoms. The van der Waals surface area contributed by atoms with Crippen LogP contribution in [-0.2, 0) is 28.9 Å². The van der Waals surface area contributed by atoms with E-state index in [0.29, 0.717) is 39.9 Å². The number of azo groups is 3. The van der Waals surface area contributed by atoms with Gasteiger partial charge in [0.15, 0.2) is 11.5 Å². The number of phenolic OH excluding ortho intramolecular Hbond substituents is 2. The number of nitrogen functional groups attached to an aromatic ring is 1. The molecule has 10 N–H and O–H groups in total. The number of fused-ring (bicyclic) bond motifs is 2. The SMILES string of the molecule is Cc1cc(/N=N/c2c(SOOO)cc3cc(S(=O)(=O)O)c(N)cc3c2O)c(OCC(O)CO)cc1/N=N/c1ccc(/N=N/c2cc(SOOO)c3cccnc3c2O)c(C(=O)O)c1. The zero-order valence-electron chi connectivity index (χ0n) is 31.7. The second kappa shape index (κ2) is 20.1. The smallest absolute Gasteiger partial charge is 0.338 e. The first-order valence-corrected chi connectivity index (χ1v) is 20.2. The monoisotopic (exact) mass is 926 g/mol. The number of aromatic carboxylic acids is 1. The van der Waals surface area contributed by atoms with Crippen molar-refractivity contribution in [2.75, 3.05) is 18.9 Å². The summed E-state index contributed by atoms with van der Waals surface area (Å²) in [4.78, 5) is 16.0. The lowest BCUT2D eigenvalue weighted by Crippen LogP contribution is -2.21.